The molecule has 3 rings (SSSR count). The molecule has 1 atom stereocenters. The molecule has 2 heteroatoms. The number of rotatable bonds is 4. The summed E-state index contributed by atoms with van der Waals surface area (Å²) in [7, 11) is 0. The number of aryl methyl sites for hydroxylation is 2. The normalized spacial score (nSPS) is 22.1. The van der Waals surface area contributed by atoms with Crippen molar-refractivity contribution < 1.29 is 0 Å². The molecule has 0 fully saturated rings. The summed E-state index contributed by atoms with van der Waals surface area (Å²) in [6, 6.07) is 11.1. The number of hydrogen-bond acceptors (Lipinski definition) is 2. The Bertz CT molecular complexity index is 518. The topological polar surface area (TPSA) is 26.0 Å². The predicted molar refractivity (Wildman–Crippen MR) is 78.1 cm³/mol. The molecule has 1 aromatic carbocycles. The van der Waals surface area contributed by atoms with Crippen molar-refractivity contribution in [3.63, 3.8) is 0 Å². The zero-order valence-corrected chi connectivity index (χ0v) is 11.4. The van der Waals surface area contributed by atoms with Gasteiger partial charge in [0, 0.05) is 12.0 Å². The summed E-state index contributed by atoms with van der Waals surface area (Å²) in [5, 5.41) is 4.41. The van der Waals surface area contributed by atoms with E-state index in [1.54, 1.807) is 11.3 Å². The quantitative estimate of drug-likeness (QED) is 0.891. The zero-order chi connectivity index (χ0) is 12.4. The summed E-state index contributed by atoms with van der Waals surface area (Å²) in [5.74, 6) is 0. The lowest BCUT2D eigenvalue weighted by molar-refractivity contribution is 0.402. The van der Waals surface area contributed by atoms with Crippen molar-refractivity contribution >= 4 is 11.3 Å². The predicted octanol–water partition coefficient (Wildman–Crippen LogP) is 3.52. The molecule has 2 N–H and O–H groups in total. The lowest BCUT2D eigenvalue weighted by Gasteiger charge is -2.29. The van der Waals surface area contributed by atoms with Crippen LogP contribution in [0.15, 0.2) is 41.1 Å². The molecular formula is C16H19NS. The lowest BCUT2D eigenvalue weighted by atomic mass is 9.77. The summed E-state index contributed by atoms with van der Waals surface area (Å²) in [5.41, 5.74) is 10.8. The molecule has 2 aromatic rings. The maximum Gasteiger partial charge on any atom is 0.00846 e. The SMILES string of the molecule is NCC1(CCc2ccsc2)CCc2ccccc21. The average molecular weight is 257 g/mol. The largest absolute Gasteiger partial charge is 0.330 e. The number of benzene rings is 1. The van der Waals surface area contributed by atoms with Gasteiger partial charge in [0.15, 0.2) is 0 Å². The molecule has 0 aliphatic heterocycles. The van der Waals surface area contributed by atoms with E-state index in [-0.39, 0.29) is 5.41 Å². The van der Waals surface area contributed by atoms with Crippen LogP contribution in [-0.2, 0) is 18.3 Å². The Kier molecular flexibility index (Phi) is 3.23. The highest BCUT2D eigenvalue weighted by Crippen LogP contribution is 2.41. The summed E-state index contributed by atoms with van der Waals surface area (Å²) in [4.78, 5) is 0. The Hall–Kier alpha value is -1.12. The second-order valence-corrected chi connectivity index (χ2v) is 6.05. The minimum absolute atomic E-state index is 0.221. The highest BCUT2D eigenvalue weighted by atomic mass is 32.1. The fraction of sp³-hybridized carbons (Fsp3) is 0.375. The van der Waals surface area contributed by atoms with Crippen LogP contribution in [0.5, 0.6) is 0 Å². The minimum atomic E-state index is 0.221. The van der Waals surface area contributed by atoms with Crippen LogP contribution in [0.3, 0.4) is 0 Å². The van der Waals surface area contributed by atoms with Crippen LogP contribution in [0.1, 0.15) is 29.5 Å². The first kappa shape index (κ1) is 11.9. The Morgan fingerprint density at radius 1 is 1.22 bits per heavy atom. The molecule has 0 radical (unpaired) electrons. The van der Waals surface area contributed by atoms with Gasteiger partial charge in [-0.3, -0.25) is 0 Å². The van der Waals surface area contributed by atoms with E-state index < -0.39 is 0 Å². The van der Waals surface area contributed by atoms with Crippen LogP contribution in [0.4, 0.5) is 0 Å². The van der Waals surface area contributed by atoms with Gasteiger partial charge in [0.25, 0.3) is 0 Å². The van der Waals surface area contributed by atoms with Crippen molar-refractivity contribution in [3.05, 3.63) is 57.8 Å². The van der Waals surface area contributed by atoms with Crippen LogP contribution in [0, 0.1) is 0 Å². The summed E-state index contributed by atoms with van der Waals surface area (Å²) in [6.45, 7) is 0.772. The van der Waals surface area contributed by atoms with Crippen LogP contribution in [0.25, 0.3) is 0 Å². The fourth-order valence-corrected chi connectivity index (χ4v) is 3.86. The first-order valence-electron chi connectivity index (χ1n) is 6.64. The van der Waals surface area contributed by atoms with Crippen LogP contribution in [0.2, 0.25) is 0 Å². The smallest absolute Gasteiger partial charge is 0.00846 e. The van der Waals surface area contributed by atoms with Gasteiger partial charge in [0.1, 0.15) is 0 Å². The van der Waals surface area contributed by atoms with E-state index in [1.807, 2.05) is 0 Å². The Balaban J connectivity index is 1.83. The van der Waals surface area contributed by atoms with Gasteiger partial charge in [0.05, 0.1) is 0 Å². The Morgan fingerprint density at radius 3 is 2.89 bits per heavy atom. The van der Waals surface area contributed by atoms with Gasteiger partial charge in [-0.1, -0.05) is 24.3 Å². The van der Waals surface area contributed by atoms with E-state index in [1.165, 1.54) is 36.0 Å². The fourth-order valence-electron chi connectivity index (χ4n) is 3.16. The second-order valence-electron chi connectivity index (χ2n) is 5.27. The van der Waals surface area contributed by atoms with Gasteiger partial charge < -0.3 is 5.73 Å². The molecule has 0 saturated heterocycles. The molecule has 1 nitrogen and oxygen atoms in total. The van der Waals surface area contributed by atoms with Gasteiger partial charge in [-0.25, -0.2) is 0 Å². The van der Waals surface area contributed by atoms with E-state index in [0.29, 0.717) is 0 Å². The summed E-state index contributed by atoms with van der Waals surface area (Å²) < 4.78 is 0. The van der Waals surface area contributed by atoms with Crippen LogP contribution in [-0.4, -0.2) is 6.54 Å². The van der Waals surface area contributed by atoms with E-state index in [4.69, 9.17) is 5.73 Å². The first-order valence-corrected chi connectivity index (χ1v) is 7.58. The van der Waals surface area contributed by atoms with Crippen molar-refractivity contribution in [2.24, 2.45) is 5.73 Å². The number of fused-ring (bicyclic) bond motifs is 1. The molecule has 1 unspecified atom stereocenters. The lowest BCUT2D eigenvalue weighted by Crippen LogP contribution is -2.33. The van der Waals surface area contributed by atoms with Gasteiger partial charge in [-0.2, -0.15) is 11.3 Å². The summed E-state index contributed by atoms with van der Waals surface area (Å²) in [6.07, 6.45) is 4.73. The maximum atomic E-state index is 6.13. The molecule has 18 heavy (non-hydrogen) atoms. The average Bonchev–Trinajstić information content (AvgIpc) is 3.05. The Morgan fingerprint density at radius 2 is 2.11 bits per heavy atom. The molecule has 0 saturated carbocycles. The molecule has 1 aliphatic rings. The van der Waals surface area contributed by atoms with Crippen molar-refractivity contribution in [2.45, 2.75) is 31.1 Å². The van der Waals surface area contributed by atoms with Crippen molar-refractivity contribution in [1.82, 2.24) is 0 Å². The zero-order valence-electron chi connectivity index (χ0n) is 10.6. The van der Waals surface area contributed by atoms with E-state index >= 15 is 0 Å². The summed E-state index contributed by atoms with van der Waals surface area (Å²) >= 11 is 1.78. The highest BCUT2D eigenvalue weighted by molar-refractivity contribution is 7.07. The van der Waals surface area contributed by atoms with Crippen molar-refractivity contribution in [2.75, 3.05) is 6.54 Å². The monoisotopic (exact) mass is 257 g/mol. The molecule has 1 aromatic heterocycles. The second kappa shape index (κ2) is 4.87. The third kappa shape index (κ3) is 2.00. The Labute approximate surface area is 113 Å². The number of thiophene rings is 1. The molecule has 0 spiro atoms. The molecule has 1 heterocycles. The maximum absolute atomic E-state index is 6.13. The number of hydrogen-bond donors (Lipinski definition) is 1. The van der Waals surface area contributed by atoms with E-state index in [9.17, 15) is 0 Å². The van der Waals surface area contributed by atoms with E-state index in [0.717, 1.165) is 13.0 Å². The molecule has 94 valence electrons. The van der Waals surface area contributed by atoms with Gasteiger partial charge in [0.2, 0.25) is 0 Å². The third-order valence-corrected chi connectivity index (χ3v) is 5.06. The van der Waals surface area contributed by atoms with Gasteiger partial charge >= 0.3 is 0 Å². The van der Waals surface area contributed by atoms with Gasteiger partial charge in [-0.15, -0.1) is 0 Å². The van der Waals surface area contributed by atoms with Crippen molar-refractivity contribution in [3.8, 4) is 0 Å². The third-order valence-electron chi connectivity index (χ3n) is 4.32. The first-order chi connectivity index (χ1) is 8.84. The standard InChI is InChI=1S/C16H19NS/c17-12-16(8-5-13-7-10-18-11-13)9-6-14-3-1-2-4-15(14)16/h1-4,7,10-11H,5-6,8-9,12,17H2. The molecular weight excluding hydrogens is 238 g/mol. The molecule has 0 amide bonds. The van der Waals surface area contributed by atoms with Crippen LogP contribution >= 0.6 is 11.3 Å². The molecule has 0 bridgehead atoms. The van der Waals surface area contributed by atoms with Gasteiger partial charge in [-0.05, 0) is 59.2 Å². The number of nitrogens with two attached hydrogens (primary N) is 1. The minimum Gasteiger partial charge on any atom is -0.330 e. The van der Waals surface area contributed by atoms with Crippen molar-refractivity contribution in [1.29, 1.82) is 0 Å². The molecule has 1 aliphatic carbocycles. The van der Waals surface area contributed by atoms with E-state index in [2.05, 4.69) is 41.1 Å². The highest BCUT2D eigenvalue weighted by Gasteiger charge is 2.36. The van der Waals surface area contributed by atoms with Crippen LogP contribution < -0.4 is 5.73 Å².